The molecule has 0 spiro atoms. The van der Waals surface area contributed by atoms with Crippen LogP contribution in [-0.4, -0.2) is 25.7 Å². The number of hydrogen-bond donors (Lipinski definition) is 1. The van der Waals surface area contributed by atoms with Gasteiger partial charge in [0, 0.05) is 11.6 Å². The molecule has 0 radical (unpaired) electrons. The summed E-state index contributed by atoms with van der Waals surface area (Å²) >= 11 is 0. The molecule has 0 saturated heterocycles. The lowest BCUT2D eigenvalue weighted by molar-refractivity contribution is -0.122. The summed E-state index contributed by atoms with van der Waals surface area (Å²) in [6.07, 6.45) is 1.47. The highest BCUT2D eigenvalue weighted by Gasteiger charge is 2.07. The van der Waals surface area contributed by atoms with E-state index in [1.165, 1.54) is 12.4 Å². The number of nitrogens with one attached hydrogen (secondary N) is 1. The second-order valence-corrected chi connectivity index (χ2v) is 5.51. The number of carbonyl (C=O) groups is 1. The molecule has 0 aliphatic rings. The van der Waals surface area contributed by atoms with E-state index < -0.39 is 0 Å². The lowest BCUT2D eigenvalue weighted by atomic mass is 10.1. The summed E-state index contributed by atoms with van der Waals surface area (Å²) in [5.74, 6) is -0.305. The minimum absolute atomic E-state index is 0.128. The molecule has 0 atom stereocenters. The summed E-state index contributed by atoms with van der Waals surface area (Å²) in [6.45, 7) is 1.89. The van der Waals surface area contributed by atoms with Gasteiger partial charge in [-0.1, -0.05) is 30.3 Å². The zero-order valence-electron chi connectivity index (χ0n) is 13.7. The maximum atomic E-state index is 12.0. The Morgan fingerprint density at radius 3 is 2.72 bits per heavy atom. The van der Waals surface area contributed by atoms with Gasteiger partial charge in [0.1, 0.15) is 12.9 Å². The molecular formula is C18H17N5O2. The minimum Gasteiger partial charge on any atom is -0.349 e. The van der Waals surface area contributed by atoms with Crippen molar-refractivity contribution >= 4 is 5.91 Å². The number of benzene rings is 1. The predicted molar refractivity (Wildman–Crippen MR) is 92.5 cm³/mol. The summed E-state index contributed by atoms with van der Waals surface area (Å²) < 4.78 is 1.14. The van der Waals surface area contributed by atoms with Crippen molar-refractivity contribution in [1.29, 1.82) is 0 Å². The van der Waals surface area contributed by atoms with Gasteiger partial charge < -0.3 is 5.32 Å². The fraction of sp³-hybridized carbons (Fsp3) is 0.167. The van der Waals surface area contributed by atoms with Gasteiger partial charge in [-0.05, 0) is 19.1 Å². The number of rotatable bonds is 5. The third-order valence-corrected chi connectivity index (χ3v) is 3.55. The molecule has 1 N–H and O–H groups in total. The van der Waals surface area contributed by atoms with Gasteiger partial charge in [-0.2, -0.15) is 5.10 Å². The number of aryl methyl sites for hydroxylation is 1. The molecular weight excluding hydrogens is 318 g/mol. The van der Waals surface area contributed by atoms with Gasteiger partial charge in [0.2, 0.25) is 5.91 Å². The molecule has 3 rings (SSSR count). The van der Waals surface area contributed by atoms with E-state index in [2.05, 4.69) is 20.4 Å². The van der Waals surface area contributed by atoms with E-state index in [1.807, 2.05) is 36.4 Å². The second kappa shape index (κ2) is 7.48. The number of nitrogens with zero attached hydrogens (tertiary/aromatic N) is 4. The van der Waals surface area contributed by atoms with Gasteiger partial charge in [0.25, 0.3) is 5.56 Å². The lowest BCUT2D eigenvalue weighted by Crippen LogP contribution is -2.33. The first-order chi connectivity index (χ1) is 12.1. The zero-order valence-corrected chi connectivity index (χ0v) is 13.7. The maximum Gasteiger partial charge on any atom is 0.267 e. The van der Waals surface area contributed by atoms with Gasteiger partial charge in [0.15, 0.2) is 0 Å². The first-order valence-corrected chi connectivity index (χ1v) is 7.79. The molecule has 3 aromatic rings. The number of carbonyl (C=O) groups excluding carboxylic acids is 1. The van der Waals surface area contributed by atoms with E-state index >= 15 is 0 Å². The molecule has 126 valence electrons. The average molecular weight is 335 g/mol. The molecule has 25 heavy (non-hydrogen) atoms. The highest BCUT2D eigenvalue weighted by atomic mass is 16.2. The van der Waals surface area contributed by atoms with Crippen molar-refractivity contribution in [3.63, 3.8) is 0 Å². The fourth-order valence-electron chi connectivity index (χ4n) is 2.31. The largest absolute Gasteiger partial charge is 0.349 e. The van der Waals surface area contributed by atoms with Crippen molar-refractivity contribution in [2.24, 2.45) is 0 Å². The Kier molecular flexibility index (Phi) is 4.94. The standard InChI is InChI=1S/C18H17N5O2/c1-13-7-8-18(25)23(22-13)11-17(24)19-10-15-9-16(21-12-20-15)14-5-3-2-4-6-14/h2-9,12H,10-11H2,1H3,(H,19,24). The molecule has 0 fully saturated rings. The Morgan fingerprint density at radius 1 is 1.12 bits per heavy atom. The van der Waals surface area contributed by atoms with Gasteiger partial charge in [-0.3, -0.25) is 9.59 Å². The van der Waals surface area contributed by atoms with Crippen LogP contribution in [0.2, 0.25) is 0 Å². The van der Waals surface area contributed by atoms with Crippen LogP contribution in [0.15, 0.2) is 59.7 Å². The van der Waals surface area contributed by atoms with Crippen LogP contribution in [0.1, 0.15) is 11.4 Å². The van der Waals surface area contributed by atoms with E-state index in [9.17, 15) is 9.59 Å². The Bertz CT molecular complexity index is 937. The Balaban J connectivity index is 1.64. The van der Waals surface area contributed by atoms with E-state index in [1.54, 1.807) is 13.0 Å². The molecule has 0 aliphatic heterocycles. The van der Waals surface area contributed by atoms with Crippen LogP contribution in [0, 0.1) is 6.92 Å². The third kappa shape index (κ3) is 4.35. The van der Waals surface area contributed by atoms with Crippen LogP contribution in [0.3, 0.4) is 0 Å². The predicted octanol–water partition coefficient (Wildman–Crippen LogP) is 1.33. The first kappa shape index (κ1) is 16.5. The van der Waals surface area contributed by atoms with Crippen LogP contribution < -0.4 is 10.9 Å². The highest BCUT2D eigenvalue weighted by molar-refractivity contribution is 5.75. The summed E-state index contributed by atoms with van der Waals surface area (Å²) in [6, 6.07) is 14.6. The van der Waals surface area contributed by atoms with E-state index in [4.69, 9.17) is 0 Å². The molecule has 0 saturated carbocycles. The Morgan fingerprint density at radius 2 is 1.92 bits per heavy atom. The van der Waals surface area contributed by atoms with Crippen LogP contribution in [0.5, 0.6) is 0 Å². The SMILES string of the molecule is Cc1ccc(=O)n(CC(=O)NCc2cc(-c3ccccc3)ncn2)n1. The van der Waals surface area contributed by atoms with Gasteiger partial charge in [0.05, 0.1) is 23.6 Å². The monoisotopic (exact) mass is 335 g/mol. The Hall–Kier alpha value is -3.35. The van der Waals surface area contributed by atoms with E-state index in [0.717, 1.165) is 15.9 Å². The van der Waals surface area contributed by atoms with Gasteiger partial charge >= 0.3 is 0 Å². The van der Waals surface area contributed by atoms with Crippen LogP contribution >= 0.6 is 0 Å². The van der Waals surface area contributed by atoms with Crippen molar-refractivity contribution in [3.8, 4) is 11.3 Å². The number of amides is 1. The molecule has 1 amide bonds. The van der Waals surface area contributed by atoms with Gasteiger partial charge in [-0.15, -0.1) is 0 Å². The zero-order chi connectivity index (χ0) is 17.6. The van der Waals surface area contributed by atoms with Crippen LogP contribution in [-0.2, 0) is 17.9 Å². The van der Waals surface area contributed by atoms with Crippen LogP contribution in [0.4, 0.5) is 0 Å². The summed E-state index contributed by atoms with van der Waals surface area (Å²) in [5.41, 5.74) is 2.82. The van der Waals surface area contributed by atoms with Crippen molar-refractivity contribution in [3.05, 3.63) is 76.6 Å². The van der Waals surface area contributed by atoms with Gasteiger partial charge in [-0.25, -0.2) is 14.6 Å². The molecule has 0 unspecified atom stereocenters. The number of hydrogen-bond acceptors (Lipinski definition) is 5. The maximum absolute atomic E-state index is 12.0. The topological polar surface area (TPSA) is 89.8 Å². The summed E-state index contributed by atoms with van der Waals surface area (Å²) in [7, 11) is 0. The third-order valence-electron chi connectivity index (χ3n) is 3.55. The summed E-state index contributed by atoms with van der Waals surface area (Å²) in [4.78, 5) is 32.1. The molecule has 0 bridgehead atoms. The lowest BCUT2D eigenvalue weighted by Gasteiger charge is -2.07. The van der Waals surface area contributed by atoms with Crippen molar-refractivity contribution in [2.45, 2.75) is 20.0 Å². The highest BCUT2D eigenvalue weighted by Crippen LogP contribution is 2.15. The normalized spacial score (nSPS) is 10.4. The molecule has 1 aromatic carbocycles. The van der Waals surface area contributed by atoms with Crippen molar-refractivity contribution in [1.82, 2.24) is 25.1 Å². The van der Waals surface area contributed by atoms with Crippen LogP contribution in [0.25, 0.3) is 11.3 Å². The van der Waals surface area contributed by atoms with E-state index in [0.29, 0.717) is 11.4 Å². The molecule has 2 heterocycles. The molecule has 0 aliphatic carbocycles. The van der Waals surface area contributed by atoms with E-state index in [-0.39, 0.29) is 24.6 Å². The van der Waals surface area contributed by atoms with Crippen molar-refractivity contribution in [2.75, 3.05) is 0 Å². The second-order valence-electron chi connectivity index (χ2n) is 5.51. The fourth-order valence-corrected chi connectivity index (χ4v) is 2.31. The summed E-state index contributed by atoms with van der Waals surface area (Å²) in [5, 5.41) is 6.78. The molecule has 7 heteroatoms. The van der Waals surface area contributed by atoms with Crippen molar-refractivity contribution < 1.29 is 4.79 Å². The average Bonchev–Trinajstić information content (AvgIpc) is 2.64. The minimum atomic E-state index is -0.311. The quantitative estimate of drug-likeness (QED) is 0.759. The molecule has 2 aromatic heterocycles. The molecule has 7 nitrogen and oxygen atoms in total. The first-order valence-electron chi connectivity index (χ1n) is 7.79. The number of aromatic nitrogens is 4. The Labute approximate surface area is 144 Å². The smallest absolute Gasteiger partial charge is 0.267 e.